The van der Waals surface area contributed by atoms with Gasteiger partial charge in [0.15, 0.2) is 0 Å². The van der Waals surface area contributed by atoms with Crippen molar-refractivity contribution in [2.45, 2.75) is 108 Å². The van der Waals surface area contributed by atoms with E-state index in [2.05, 4.69) is 51.7 Å². The summed E-state index contributed by atoms with van der Waals surface area (Å²) in [6.45, 7) is 8.48. The molecule has 1 spiro atoms. The largest absolute Gasteiger partial charge is 0.497 e. The number of likely N-dealkylation sites (tertiary alicyclic amines) is 2. The first-order chi connectivity index (χ1) is 22.0. The summed E-state index contributed by atoms with van der Waals surface area (Å²) in [5.74, 6) is 1.51. The van der Waals surface area contributed by atoms with Gasteiger partial charge in [-0.1, -0.05) is 25.3 Å². The van der Waals surface area contributed by atoms with Crippen molar-refractivity contribution in [1.82, 2.24) is 14.4 Å². The fourth-order valence-electron chi connectivity index (χ4n) is 10.6. The standard InChI is InChI=1S/C39H47N3O4/c1-37(2,3)46-35(43)24-11-13-27-30(17-24)41-22-39(36(44)42-31-15-16-38(31)21-40(4)20-32(38)42)19-29(39)28-18-25(45-5)12-14-26(28)34(41)33(27)23-9-7-6-8-10-23/h11-14,17-18,23,29,31-32H,6-10,15-16,19-22H2,1-5H3. The number of hydrogen-bond acceptors (Lipinski definition) is 5. The smallest absolute Gasteiger partial charge is 0.338 e. The number of benzene rings is 2. The molecule has 3 aliphatic heterocycles. The van der Waals surface area contributed by atoms with E-state index < -0.39 is 11.0 Å². The zero-order valence-corrected chi connectivity index (χ0v) is 28.0. The van der Waals surface area contributed by atoms with Gasteiger partial charge in [-0.25, -0.2) is 4.79 Å². The first-order valence-corrected chi connectivity index (χ1v) is 17.6. The predicted octanol–water partition coefficient (Wildman–Crippen LogP) is 7.11. The first kappa shape index (κ1) is 28.9. The van der Waals surface area contributed by atoms with Crippen LogP contribution in [0.5, 0.6) is 5.75 Å². The van der Waals surface area contributed by atoms with Gasteiger partial charge in [-0.3, -0.25) is 4.79 Å². The third-order valence-electron chi connectivity index (χ3n) is 12.7. The van der Waals surface area contributed by atoms with Crippen molar-refractivity contribution in [2.75, 3.05) is 27.2 Å². The van der Waals surface area contributed by atoms with Crippen LogP contribution in [0, 0.1) is 10.8 Å². The van der Waals surface area contributed by atoms with Crippen molar-refractivity contribution in [1.29, 1.82) is 0 Å². The summed E-state index contributed by atoms with van der Waals surface area (Å²) in [6, 6.07) is 13.4. The molecule has 3 saturated carbocycles. The second-order valence-corrected chi connectivity index (χ2v) is 16.5. The van der Waals surface area contributed by atoms with Crippen LogP contribution in [0.3, 0.4) is 0 Å². The molecule has 46 heavy (non-hydrogen) atoms. The summed E-state index contributed by atoms with van der Waals surface area (Å²) >= 11 is 0. The van der Waals surface area contributed by atoms with E-state index in [1.807, 2.05) is 26.8 Å². The van der Waals surface area contributed by atoms with Gasteiger partial charge in [0.25, 0.3) is 0 Å². The quantitative estimate of drug-likeness (QED) is 0.291. The number of piperidine rings is 1. The van der Waals surface area contributed by atoms with Gasteiger partial charge in [0, 0.05) is 53.5 Å². The minimum atomic E-state index is -0.576. The van der Waals surface area contributed by atoms with E-state index in [1.54, 1.807) is 7.11 Å². The van der Waals surface area contributed by atoms with E-state index in [9.17, 15) is 4.79 Å². The molecule has 242 valence electrons. The topological polar surface area (TPSA) is 64.0 Å². The molecule has 5 fully saturated rings. The second-order valence-electron chi connectivity index (χ2n) is 16.5. The van der Waals surface area contributed by atoms with Crippen LogP contribution in [0.1, 0.15) is 105 Å². The Morgan fingerprint density at radius 2 is 1.76 bits per heavy atom. The van der Waals surface area contributed by atoms with Gasteiger partial charge in [0.05, 0.1) is 29.8 Å². The number of rotatable bonds is 4. The first-order valence-electron chi connectivity index (χ1n) is 17.6. The molecule has 7 nitrogen and oxygen atoms in total. The maximum Gasteiger partial charge on any atom is 0.338 e. The average molecular weight is 622 g/mol. The van der Waals surface area contributed by atoms with Crippen LogP contribution >= 0.6 is 0 Å². The van der Waals surface area contributed by atoms with Crippen LogP contribution < -0.4 is 4.74 Å². The number of carbonyl (C=O) groups is 2. The van der Waals surface area contributed by atoms with E-state index in [1.165, 1.54) is 66.3 Å². The molecule has 2 aromatic carbocycles. The molecule has 3 aromatic rings. The molecule has 7 heteroatoms. The van der Waals surface area contributed by atoms with Crippen LogP contribution in [0.4, 0.5) is 0 Å². The zero-order chi connectivity index (χ0) is 31.7. The Hall–Kier alpha value is -3.32. The highest BCUT2D eigenvalue weighted by molar-refractivity contribution is 6.00. The highest BCUT2D eigenvalue weighted by atomic mass is 16.6. The van der Waals surface area contributed by atoms with Crippen molar-refractivity contribution >= 4 is 22.8 Å². The van der Waals surface area contributed by atoms with Gasteiger partial charge in [0.2, 0.25) is 5.91 Å². The molecule has 0 bridgehead atoms. The van der Waals surface area contributed by atoms with Gasteiger partial charge in [-0.2, -0.15) is 0 Å². The normalized spacial score (nSPS) is 31.4. The fourth-order valence-corrected chi connectivity index (χ4v) is 10.6. The summed E-state index contributed by atoms with van der Waals surface area (Å²) in [5.41, 5.74) is 6.02. The SMILES string of the molecule is COc1ccc2c(c1)C1CC1(C(=O)N1C3CCC34CN(C)CC14)Cn1c-2c(C2CCCCC2)c2ccc(C(=O)OC(C)(C)C)cc21. The van der Waals surface area contributed by atoms with E-state index in [4.69, 9.17) is 9.47 Å². The van der Waals surface area contributed by atoms with Crippen molar-refractivity contribution in [2.24, 2.45) is 10.8 Å². The second kappa shape index (κ2) is 9.62. The van der Waals surface area contributed by atoms with E-state index in [0.29, 0.717) is 41.4 Å². The van der Waals surface area contributed by atoms with Crippen LogP contribution in [0.2, 0.25) is 0 Å². The van der Waals surface area contributed by atoms with Gasteiger partial charge >= 0.3 is 5.97 Å². The average Bonchev–Trinajstić information content (AvgIpc) is 3.57. The Kier molecular flexibility index (Phi) is 6.04. The van der Waals surface area contributed by atoms with Crippen LogP contribution in [-0.2, 0) is 16.1 Å². The number of likely N-dealkylation sites (N-methyl/N-ethyl adjacent to an activating group) is 1. The zero-order valence-electron chi connectivity index (χ0n) is 28.0. The molecular weight excluding hydrogens is 574 g/mol. The maximum atomic E-state index is 15.1. The molecule has 6 aliphatic rings. The minimum absolute atomic E-state index is 0.155. The molecule has 4 heterocycles. The van der Waals surface area contributed by atoms with Crippen LogP contribution in [-0.4, -0.2) is 71.2 Å². The van der Waals surface area contributed by atoms with E-state index in [0.717, 1.165) is 37.2 Å². The van der Waals surface area contributed by atoms with Gasteiger partial charge in [0.1, 0.15) is 11.4 Å². The molecule has 1 aromatic heterocycles. The van der Waals surface area contributed by atoms with E-state index in [-0.39, 0.29) is 11.9 Å². The number of hydrogen-bond donors (Lipinski definition) is 0. The Labute approximate surface area is 272 Å². The maximum absolute atomic E-state index is 15.1. The number of methoxy groups -OCH3 is 1. The predicted molar refractivity (Wildman–Crippen MR) is 178 cm³/mol. The van der Waals surface area contributed by atoms with E-state index >= 15 is 4.79 Å². The highest BCUT2D eigenvalue weighted by Gasteiger charge is 2.74. The van der Waals surface area contributed by atoms with Gasteiger partial charge in [-0.05, 0) is 107 Å². The number of amides is 1. The van der Waals surface area contributed by atoms with Crippen molar-refractivity contribution in [3.8, 4) is 17.0 Å². The Bertz CT molecular complexity index is 1800. The molecule has 3 aliphatic carbocycles. The monoisotopic (exact) mass is 621 g/mol. The number of esters is 1. The highest BCUT2D eigenvalue weighted by Crippen LogP contribution is 2.69. The summed E-state index contributed by atoms with van der Waals surface area (Å²) in [5, 5.41) is 1.22. The molecular formula is C39H47N3O4. The third kappa shape index (κ3) is 3.87. The summed E-state index contributed by atoms with van der Waals surface area (Å²) in [6.07, 6.45) is 9.34. The molecule has 9 rings (SSSR count). The Morgan fingerprint density at radius 3 is 2.48 bits per heavy atom. The molecule has 5 atom stereocenters. The Morgan fingerprint density at radius 1 is 0.957 bits per heavy atom. The van der Waals surface area contributed by atoms with Gasteiger partial charge in [-0.15, -0.1) is 0 Å². The molecule has 0 radical (unpaired) electrons. The van der Waals surface area contributed by atoms with Crippen LogP contribution in [0.15, 0.2) is 36.4 Å². The lowest BCUT2D eigenvalue weighted by Crippen LogP contribution is -2.78. The number of ether oxygens (including phenoxy) is 2. The fraction of sp³-hybridized carbons (Fsp3) is 0.590. The number of aromatic nitrogens is 1. The lowest BCUT2D eigenvalue weighted by atomic mass is 9.53. The number of nitrogens with zero attached hydrogens (tertiary/aromatic N) is 3. The van der Waals surface area contributed by atoms with Crippen LogP contribution in [0.25, 0.3) is 22.2 Å². The molecule has 2 saturated heterocycles. The van der Waals surface area contributed by atoms with Crippen molar-refractivity contribution in [3.63, 3.8) is 0 Å². The molecule has 5 unspecified atom stereocenters. The lowest BCUT2D eigenvalue weighted by molar-refractivity contribution is -0.198. The number of fused-ring (bicyclic) bond motifs is 7. The summed E-state index contributed by atoms with van der Waals surface area (Å²) in [4.78, 5) is 33.2. The molecule has 1 amide bonds. The van der Waals surface area contributed by atoms with Crippen molar-refractivity contribution < 1.29 is 19.1 Å². The number of carbonyl (C=O) groups excluding carboxylic acids is 2. The Balaban J connectivity index is 1.23. The minimum Gasteiger partial charge on any atom is -0.497 e. The molecule has 0 N–H and O–H groups in total. The van der Waals surface area contributed by atoms with Gasteiger partial charge < -0.3 is 23.8 Å². The summed E-state index contributed by atoms with van der Waals surface area (Å²) in [7, 11) is 3.95. The lowest BCUT2D eigenvalue weighted by Gasteiger charge is -2.68. The third-order valence-corrected chi connectivity index (χ3v) is 12.7. The van der Waals surface area contributed by atoms with Crippen molar-refractivity contribution in [3.05, 3.63) is 53.1 Å². The summed E-state index contributed by atoms with van der Waals surface area (Å²) < 4.78 is 14.1.